The van der Waals surface area contributed by atoms with Crippen molar-refractivity contribution < 1.29 is 0 Å². The normalized spacial score (nSPS) is 13.2. The van der Waals surface area contributed by atoms with Gasteiger partial charge in [-0.1, -0.05) is 20.8 Å². The average Bonchev–Trinajstić information content (AvgIpc) is 2.45. The highest BCUT2D eigenvalue weighted by molar-refractivity contribution is 5.65. The Morgan fingerprint density at radius 3 is 2.40 bits per heavy atom. The van der Waals surface area contributed by atoms with Gasteiger partial charge in [-0.05, 0) is 19.3 Å². The molecule has 86 valence electrons. The highest BCUT2D eigenvalue weighted by atomic mass is 15.3. The molecule has 4 heteroatoms. The fourth-order valence-electron chi connectivity index (χ4n) is 1.49. The van der Waals surface area contributed by atoms with Crippen LogP contribution in [0.3, 0.4) is 0 Å². The monoisotopic (exact) mass is 210 g/mol. The van der Waals surface area contributed by atoms with Crippen LogP contribution < -0.4 is 11.1 Å². The molecular weight excluding hydrogens is 188 g/mol. The summed E-state index contributed by atoms with van der Waals surface area (Å²) in [6.07, 6.45) is 1.07. The van der Waals surface area contributed by atoms with Crippen LogP contribution in [-0.2, 0) is 7.05 Å². The summed E-state index contributed by atoms with van der Waals surface area (Å²) in [5.74, 6) is 1.30. The molecule has 0 saturated heterocycles. The van der Waals surface area contributed by atoms with Gasteiger partial charge in [-0.2, -0.15) is 5.10 Å². The maximum atomic E-state index is 6.06. The van der Waals surface area contributed by atoms with Crippen LogP contribution in [0, 0.1) is 0 Å². The molecule has 4 nitrogen and oxygen atoms in total. The lowest BCUT2D eigenvalue weighted by atomic mass is 10.1. The Morgan fingerprint density at radius 2 is 2.00 bits per heavy atom. The van der Waals surface area contributed by atoms with Gasteiger partial charge in [0.25, 0.3) is 0 Å². The minimum atomic E-state index is 0.365. The molecule has 0 fully saturated rings. The van der Waals surface area contributed by atoms with Crippen molar-refractivity contribution in [2.75, 3.05) is 11.1 Å². The van der Waals surface area contributed by atoms with Crippen LogP contribution >= 0.6 is 0 Å². The second-order valence-corrected chi connectivity index (χ2v) is 4.38. The predicted octanol–water partition coefficient (Wildman–Crippen LogP) is 2.34. The number of hydrogen-bond acceptors (Lipinski definition) is 3. The smallest absolute Gasteiger partial charge is 0.147 e. The number of rotatable bonds is 4. The zero-order chi connectivity index (χ0) is 11.6. The van der Waals surface area contributed by atoms with Gasteiger partial charge in [0.05, 0.1) is 11.4 Å². The van der Waals surface area contributed by atoms with E-state index in [2.05, 4.69) is 38.1 Å². The van der Waals surface area contributed by atoms with Crippen molar-refractivity contribution in [3.63, 3.8) is 0 Å². The summed E-state index contributed by atoms with van der Waals surface area (Å²) in [5, 5.41) is 7.81. The number of nitrogens with two attached hydrogens (primary N) is 1. The number of nitrogen functional groups attached to an aromatic ring is 1. The molecule has 1 atom stereocenters. The molecule has 1 aromatic rings. The first-order valence-electron chi connectivity index (χ1n) is 5.56. The molecule has 1 aromatic heterocycles. The third-order valence-corrected chi connectivity index (χ3v) is 2.65. The number of nitrogens with zero attached hydrogens (tertiary/aromatic N) is 2. The van der Waals surface area contributed by atoms with Crippen LogP contribution in [-0.4, -0.2) is 15.8 Å². The lowest BCUT2D eigenvalue weighted by Gasteiger charge is -2.13. The van der Waals surface area contributed by atoms with Crippen molar-refractivity contribution in [3.8, 4) is 0 Å². The molecule has 0 aliphatic rings. The number of aromatic nitrogens is 2. The summed E-state index contributed by atoms with van der Waals surface area (Å²) in [6, 6.07) is 0.419. The molecule has 0 amide bonds. The van der Waals surface area contributed by atoms with Gasteiger partial charge in [-0.15, -0.1) is 0 Å². The van der Waals surface area contributed by atoms with Crippen molar-refractivity contribution in [3.05, 3.63) is 5.69 Å². The second-order valence-electron chi connectivity index (χ2n) is 4.38. The molecule has 0 aliphatic carbocycles. The van der Waals surface area contributed by atoms with E-state index in [4.69, 9.17) is 5.73 Å². The van der Waals surface area contributed by atoms with Crippen molar-refractivity contribution >= 4 is 11.5 Å². The first-order chi connectivity index (χ1) is 6.97. The molecule has 1 heterocycles. The zero-order valence-electron chi connectivity index (χ0n) is 10.3. The van der Waals surface area contributed by atoms with Gasteiger partial charge in [-0.25, -0.2) is 0 Å². The first-order valence-corrected chi connectivity index (χ1v) is 5.56. The van der Waals surface area contributed by atoms with E-state index < -0.39 is 0 Å². The van der Waals surface area contributed by atoms with Crippen molar-refractivity contribution in [2.24, 2.45) is 7.05 Å². The van der Waals surface area contributed by atoms with E-state index in [1.54, 1.807) is 0 Å². The standard InChI is InChI=1S/C11H22N4/c1-6-8(4)13-11-9(12)10(7(2)3)14-15(11)5/h7-8,13H,6,12H2,1-5H3. The fourth-order valence-corrected chi connectivity index (χ4v) is 1.49. The third-order valence-electron chi connectivity index (χ3n) is 2.65. The molecule has 1 unspecified atom stereocenters. The fraction of sp³-hybridized carbons (Fsp3) is 0.727. The van der Waals surface area contributed by atoms with Crippen LogP contribution in [0.4, 0.5) is 11.5 Å². The zero-order valence-corrected chi connectivity index (χ0v) is 10.3. The largest absolute Gasteiger partial charge is 0.394 e. The number of hydrogen-bond donors (Lipinski definition) is 2. The lowest BCUT2D eigenvalue weighted by Crippen LogP contribution is -2.16. The van der Waals surface area contributed by atoms with Gasteiger partial charge in [0.1, 0.15) is 5.82 Å². The van der Waals surface area contributed by atoms with Crippen LogP contribution in [0.5, 0.6) is 0 Å². The highest BCUT2D eigenvalue weighted by Crippen LogP contribution is 2.28. The summed E-state index contributed by atoms with van der Waals surface area (Å²) >= 11 is 0. The van der Waals surface area contributed by atoms with Gasteiger partial charge >= 0.3 is 0 Å². The molecule has 0 bridgehead atoms. The van der Waals surface area contributed by atoms with E-state index in [0.717, 1.165) is 23.6 Å². The minimum Gasteiger partial charge on any atom is -0.394 e. The molecule has 0 spiro atoms. The quantitative estimate of drug-likeness (QED) is 0.802. The average molecular weight is 210 g/mol. The van der Waals surface area contributed by atoms with E-state index in [9.17, 15) is 0 Å². The first kappa shape index (κ1) is 11.9. The third kappa shape index (κ3) is 2.43. The second kappa shape index (κ2) is 4.55. The Balaban J connectivity index is 2.97. The van der Waals surface area contributed by atoms with Gasteiger partial charge in [0, 0.05) is 13.1 Å². The lowest BCUT2D eigenvalue weighted by molar-refractivity contribution is 0.696. The van der Waals surface area contributed by atoms with Crippen LogP contribution in [0.1, 0.15) is 45.7 Å². The molecule has 0 aliphatic heterocycles. The Hall–Kier alpha value is -1.19. The summed E-state index contributed by atoms with van der Waals surface area (Å²) < 4.78 is 1.83. The summed E-state index contributed by atoms with van der Waals surface area (Å²) in [7, 11) is 1.92. The van der Waals surface area contributed by atoms with E-state index >= 15 is 0 Å². The molecule has 3 N–H and O–H groups in total. The molecule has 0 radical (unpaired) electrons. The van der Waals surface area contributed by atoms with Gasteiger partial charge in [0.2, 0.25) is 0 Å². The highest BCUT2D eigenvalue weighted by Gasteiger charge is 2.16. The van der Waals surface area contributed by atoms with Crippen LogP contribution in [0.25, 0.3) is 0 Å². The summed E-state index contributed by atoms with van der Waals surface area (Å²) in [5.41, 5.74) is 7.82. The van der Waals surface area contributed by atoms with Crippen LogP contribution in [0.15, 0.2) is 0 Å². The predicted molar refractivity (Wildman–Crippen MR) is 65.1 cm³/mol. The van der Waals surface area contributed by atoms with Gasteiger partial charge in [-0.3, -0.25) is 4.68 Å². The Kier molecular flexibility index (Phi) is 3.61. The molecule has 0 saturated carbocycles. The van der Waals surface area contributed by atoms with Crippen molar-refractivity contribution in [1.29, 1.82) is 0 Å². The number of aryl methyl sites for hydroxylation is 1. The molecule has 15 heavy (non-hydrogen) atoms. The van der Waals surface area contributed by atoms with Crippen LogP contribution in [0.2, 0.25) is 0 Å². The Morgan fingerprint density at radius 1 is 1.40 bits per heavy atom. The van der Waals surface area contributed by atoms with Crippen molar-refractivity contribution in [2.45, 2.75) is 46.1 Å². The maximum Gasteiger partial charge on any atom is 0.147 e. The Bertz CT molecular complexity index is 328. The maximum absolute atomic E-state index is 6.06. The number of nitrogens with one attached hydrogen (secondary N) is 1. The van der Waals surface area contributed by atoms with E-state index in [1.807, 2.05) is 11.7 Å². The van der Waals surface area contributed by atoms with E-state index in [1.165, 1.54) is 0 Å². The molecule has 0 aromatic carbocycles. The SMILES string of the molecule is CCC(C)Nc1c(N)c(C(C)C)nn1C. The summed E-state index contributed by atoms with van der Waals surface area (Å²) in [6.45, 7) is 8.49. The number of anilines is 2. The van der Waals surface area contributed by atoms with Crippen molar-refractivity contribution in [1.82, 2.24) is 9.78 Å². The van der Waals surface area contributed by atoms with Gasteiger partial charge < -0.3 is 11.1 Å². The minimum absolute atomic E-state index is 0.365. The van der Waals surface area contributed by atoms with Gasteiger partial charge in [0.15, 0.2) is 0 Å². The summed E-state index contributed by atoms with van der Waals surface area (Å²) in [4.78, 5) is 0. The van der Waals surface area contributed by atoms with E-state index in [0.29, 0.717) is 12.0 Å². The van der Waals surface area contributed by atoms with E-state index in [-0.39, 0.29) is 0 Å². The molecule has 1 rings (SSSR count). The Labute approximate surface area is 91.8 Å². The molecular formula is C11H22N4. The topological polar surface area (TPSA) is 55.9 Å².